The number of nitrogens with one attached hydrogen (secondary N) is 2. The monoisotopic (exact) mass is 536 g/mol. The average Bonchev–Trinajstić information content (AvgIpc) is 3.42. The maximum atomic E-state index is 13.4. The molecule has 3 aromatic rings. The number of allylic oxidation sites excluding steroid dienone is 2. The van der Waals surface area contributed by atoms with Crippen LogP contribution in [0, 0.1) is 12.8 Å². The van der Waals surface area contributed by atoms with E-state index in [1.807, 2.05) is 31.2 Å². The zero-order valence-electron chi connectivity index (χ0n) is 22.1. The van der Waals surface area contributed by atoms with Gasteiger partial charge in [0, 0.05) is 11.6 Å². The van der Waals surface area contributed by atoms with Crippen molar-refractivity contribution >= 4 is 21.4 Å². The molecule has 1 heterocycles. The fraction of sp³-hybridized carbons (Fsp3) is 0.310. The first kappa shape index (κ1) is 25.8. The summed E-state index contributed by atoms with van der Waals surface area (Å²) < 4.78 is 51.5. The molecule has 1 aliphatic heterocycles. The van der Waals surface area contributed by atoms with Crippen LogP contribution < -0.4 is 29.0 Å². The molecule has 3 atom stereocenters. The molecule has 0 unspecified atom stereocenters. The first-order valence-electron chi connectivity index (χ1n) is 12.3. The Hall–Kier alpha value is -3.85. The van der Waals surface area contributed by atoms with Crippen LogP contribution in [-0.4, -0.2) is 36.9 Å². The van der Waals surface area contributed by atoms with Crippen molar-refractivity contribution in [3.05, 3.63) is 77.4 Å². The number of benzene rings is 3. The largest absolute Gasteiger partial charge is 0.495 e. The summed E-state index contributed by atoms with van der Waals surface area (Å²) in [5.74, 6) is 2.44. The molecule has 0 bridgehead atoms. The Balaban J connectivity index is 1.51. The standard InChI is InChI=1S/C29H32N2O6S/c1-17-9-12-25(34-2)24(13-17)31-38(32,33)19-10-11-23-22(16-19)20-7-6-8-21(20)28(30-23)18-14-26(35-3)29(37-5)27(15-18)36-4/h6-7,9-16,20-21,28,30-31H,8H2,1-5H3/t20-,21+,28+/m0/s1. The normalized spacial score (nSPS) is 19.7. The third kappa shape index (κ3) is 4.51. The molecule has 0 fully saturated rings. The second kappa shape index (κ2) is 10.1. The number of hydrogen-bond acceptors (Lipinski definition) is 7. The van der Waals surface area contributed by atoms with Crippen molar-refractivity contribution in [1.82, 2.24) is 0 Å². The molecule has 2 aliphatic rings. The van der Waals surface area contributed by atoms with E-state index in [0.29, 0.717) is 28.7 Å². The lowest BCUT2D eigenvalue weighted by molar-refractivity contribution is 0.322. The zero-order valence-corrected chi connectivity index (χ0v) is 22.9. The van der Waals surface area contributed by atoms with E-state index in [1.165, 1.54) is 7.11 Å². The van der Waals surface area contributed by atoms with Gasteiger partial charge in [-0.25, -0.2) is 8.42 Å². The molecule has 1 aliphatic carbocycles. The highest BCUT2D eigenvalue weighted by Gasteiger charge is 2.39. The van der Waals surface area contributed by atoms with Crippen LogP contribution in [0.15, 0.2) is 65.6 Å². The third-order valence-corrected chi connectivity index (χ3v) is 8.65. The van der Waals surface area contributed by atoms with E-state index in [1.54, 1.807) is 45.6 Å². The van der Waals surface area contributed by atoms with Crippen LogP contribution in [0.4, 0.5) is 11.4 Å². The molecule has 9 heteroatoms. The van der Waals surface area contributed by atoms with Crippen LogP contribution in [-0.2, 0) is 10.0 Å². The van der Waals surface area contributed by atoms with Crippen molar-refractivity contribution in [2.24, 2.45) is 5.92 Å². The van der Waals surface area contributed by atoms with Gasteiger partial charge >= 0.3 is 0 Å². The number of rotatable bonds is 8. The zero-order chi connectivity index (χ0) is 27.0. The summed E-state index contributed by atoms with van der Waals surface area (Å²) in [4.78, 5) is 0.201. The Morgan fingerprint density at radius 3 is 2.24 bits per heavy atom. The second-order valence-corrected chi connectivity index (χ2v) is 11.2. The van der Waals surface area contributed by atoms with E-state index >= 15 is 0 Å². The molecule has 0 saturated heterocycles. The lowest BCUT2D eigenvalue weighted by Gasteiger charge is -2.38. The van der Waals surface area contributed by atoms with Crippen LogP contribution in [0.3, 0.4) is 0 Å². The number of sulfonamides is 1. The van der Waals surface area contributed by atoms with Gasteiger partial charge in [-0.15, -0.1) is 0 Å². The number of ether oxygens (including phenoxy) is 4. The minimum atomic E-state index is -3.85. The quantitative estimate of drug-likeness (QED) is 0.359. The van der Waals surface area contributed by atoms with Gasteiger partial charge in [0.2, 0.25) is 5.75 Å². The summed E-state index contributed by atoms with van der Waals surface area (Å²) in [6.07, 6.45) is 5.19. The SMILES string of the molecule is COc1ccc(C)cc1NS(=O)(=O)c1ccc2c(c1)[C@H]1C=CC[C@H]1[C@@H](c1cc(OC)c(OC)c(OC)c1)N2. The lowest BCUT2D eigenvalue weighted by Crippen LogP contribution is -2.29. The van der Waals surface area contributed by atoms with Gasteiger partial charge in [0.05, 0.1) is 45.1 Å². The summed E-state index contributed by atoms with van der Waals surface area (Å²) in [5.41, 5.74) is 4.18. The fourth-order valence-corrected chi connectivity index (χ4v) is 6.55. The minimum Gasteiger partial charge on any atom is -0.495 e. The van der Waals surface area contributed by atoms with Crippen molar-refractivity contribution in [1.29, 1.82) is 0 Å². The van der Waals surface area contributed by atoms with E-state index in [9.17, 15) is 8.42 Å². The van der Waals surface area contributed by atoms with Crippen molar-refractivity contribution in [2.75, 3.05) is 38.5 Å². The Kier molecular flexibility index (Phi) is 6.88. The predicted molar refractivity (Wildman–Crippen MR) is 147 cm³/mol. The highest BCUT2D eigenvalue weighted by Crippen LogP contribution is 2.52. The summed E-state index contributed by atoms with van der Waals surface area (Å²) in [6.45, 7) is 1.90. The molecule has 38 heavy (non-hydrogen) atoms. The van der Waals surface area contributed by atoms with Gasteiger partial charge in [-0.1, -0.05) is 18.2 Å². The van der Waals surface area contributed by atoms with Crippen LogP contribution in [0.25, 0.3) is 0 Å². The Morgan fingerprint density at radius 2 is 1.58 bits per heavy atom. The van der Waals surface area contributed by atoms with E-state index < -0.39 is 10.0 Å². The summed E-state index contributed by atoms with van der Waals surface area (Å²) in [7, 11) is 2.47. The number of hydrogen-bond donors (Lipinski definition) is 2. The number of aryl methyl sites for hydroxylation is 1. The summed E-state index contributed by atoms with van der Waals surface area (Å²) in [5, 5.41) is 3.65. The molecule has 200 valence electrons. The Morgan fingerprint density at radius 1 is 0.868 bits per heavy atom. The number of fused-ring (bicyclic) bond motifs is 3. The molecule has 0 spiro atoms. The molecule has 3 aromatic carbocycles. The van der Waals surface area contributed by atoms with Gasteiger partial charge < -0.3 is 24.3 Å². The van der Waals surface area contributed by atoms with Crippen molar-refractivity contribution in [3.8, 4) is 23.0 Å². The second-order valence-electron chi connectivity index (χ2n) is 9.49. The molecule has 2 N–H and O–H groups in total. The lowest BCUT2D eigenvalue weighted by atomic mass is 9.77. The van der Waals surface area contributed by atoms with Crippen molar-refractivity contribution < 1.29 is 27.4 Å². The minimum absolute atomic E-state index is 0.0339. The first-order valence-corrected chi connectivity index (χ1v) is 13.8. The van der Waals surface area contributed by atoms with Crippen molar-refractivity contribution in [2.45, 2.75) is 30.2 Å². The van der Waals surface area contributed by atoms with Gasteiger partial charge in [0.15, 0.2) is 11.5 Å². The van der Waals surface area contributed by atoms with E-state index in [4.69, 9.17) is 18.9 Å². The van der Waals surface area contributed by atoms with E-state index in [-0.39, 0.29) is 22.8 Å². The summed E-state index contributed by atoms with van der Waals surface area (Å²) in [6, 6.07) is 14.5. The van der Waals surface area contributed by atoms with Gasteiger partial charge in [0.25, 0.3) is 10.0 Å². The predicted octanol–water partition coefficient (Wildman–Crippen LogP) is 5.66. The van der Waals surface area contributed by atoms with Gasteiger partial charge in [0.1, 0.15) is 5.75 Å². The summed E-state index contributed by atoms with van der Waals surface area (Å²) >= 11 is 0. The van der Waals surface area contributed by atoms with E-state index in [0.717, 1.165) is 28.8 Å². The molecule has 5 rings (SSSR count). The van der Waals surface area contributed by atoms with Crippen LogP contribution in [0.5, 0.6) is 23.0 Å². The highest BCUT2D eigenvalue weighted by atomic mass is 32.2. The third-order valence-electron chi connectivity index (χ3n) is 7.29. The molecular weight excluding hydrogens is 504 g/mol. The maximum Gasteiger partial charge on any atom is 0.262 e. The fourth-order valence-electron chi connectivity index (χ4n) is 5.46. The molecule has 0 radical (unpaired) electrons. The topological polar surface area (TPSA) is 95.1 Å². The maximum absolute atomic E-state index is 13.4. The van der Waals surface area contributed by atoms with Crippen LogP contribution >= 0.6 is 0 Å². The molecule has 0 saturated carbocycles. The smallest absolute Gasteiger partial charge is 0.262 e. The van der Waals surface area contributed by atoms with E-state index in [2.05, 4.69) is 22.2 Å². The van der Waals surface area contributed by atoms with Crippen LogP contribution in [0.2, 0.25) is 0 Å². The number of anilines is 2. The Bertz CT molecular complexity index is 1480. The average molecular weight is 537 g/mol. The molecule has 8 nitrogen and oxygen atoms in total. The number of methoxy groups -OCH3 is 4. The van der Waals surface area contributed by atoms with Gasteiger partial charge in [-0.2, -0.15) is 0 Å². The molecule has 0 amide bonds. The first-order chi connectivity index (χ1) is 18.3. The Labute approximate surface area is 223 Å². The van der Waals surface area contributed by atoms with Gasteiger partial charge in [-0.3, -0.25) is 4.72 Å². The highest BCUT2D eigenvalue weighted by molar-refractivity contribution is 7.92. The van der Waals surface area contributed by atoms with Crippen LogP contribution in [0.1, 0.15) is 35.1 Å². The molecular formula is C29H32N2O6S. The van der Waals surface area contributed by atoms with Crippen molar-refractivity contribution in [3.63, 3.8) is 0 Å². The molecule has 0 aromatic heterocycles. The van der Waals surface area contributed by atoms with Gasteiger partial charge in [-0.05, 0) is 78.4 Å².